The molecule has 194 valence electrons. The summed E-state index contributed by atoms with van der Waals surface area (Å²) in [5.41, 5.74) is 7.39. The molecule has 0 spiro atoms. The molecule has 0 heterocycles. The second-order valence-electron chi connectivity index (χ2n) is 9.00. The summed E-state index contributed by atoms with van der Waals surface area (Å²) in [6.07, 6.45) is 4.86. The van der Waals surface area contributed by atoms with Crippen LogP contribution in [0.5, 0.6) is 5.75 Å². The van der Waals surface area contributed by atoms with Crippen molar-refractivity contribution in [3.8, 4) is 28.0 Å². The molecule has 0 radical (unpaired) electrons. The third-order valence-electron chi connectivity index (χ3n) is 6.37. The highest BCUT2D eigenvalue weighted by Crippen LogP contribution is 2.29. The van der Waals surface area contributed by atoms with Crippen molar-refractivity contribution in [2.45, 2.75) is 0 Å². The van der Waals surface area contributed by atoms with Gasteiger partial charge >= 0.3 is 5.97 Å². The van der Waals surface area contributed by atoms with E-state index in [9.17, 15) is 14.9 Å². The van der Waals surface area contributed by atoms with Gasteiger partial charge in [-0.05, 0) is 51.1 Å². The highest BCUT2D eigenvalue weighted by atomic mass is 16.6. The molecule has 0 unspecified atom stereocenters. The summed E-state index contributed by atoms with van der Waals surface area (Å²) < 4.78 is 5.29. The van der Waals surface area contributed by atoms with E-state index in [1.165, 1.54) is 30.3 Å². The van der Waals surface area contributed by atoms with Gasteiger partial charge in [-0.2, -0.15) is 0 Å². The number of benzene rings is 5. The molecule has 0 aliphatic heterocycles. The number of carbonyl (C=O) groups is 1. The number of nitro benzene ring substituents is 1. The Balaban J connectivity index is 1.41. The van der Waals surface area contributed by atoms with Crippen LogP contribution < -0.4 is 4.74 Å². The molecule has 0 saturated carbocycles. The first-order valence-electron chi connectivity index (χ1n) is 12.7. The van der Waals surface area contributed by atoms with Crippen LogP contribution in [0.1, 0.15) is 11.1 Å². The first kappa shape index (κ1) is 26.1. The van der Waals surface area contributed by atoms with Gasteiger partial charge in [-0.15, -0.1) is 0 Å². The minimum Gasteiger partial charge on any atom is -0.423 e. The van der Waals surface area contributed by atoms with Crippen molar-refractivity contribution in [2.75, 3.05) is 0 Å². The summed E-state index contributed by atoms with van der Waals surface area (Å²) in [5.74, 6) is -0.347. The first-order valence-corrected chi connectivity index (χ1v) is 12.7. The molecule has 0 aliphatic rings. The highest BCUT2D eigenvalue weighted by molar-refractivity contribution is 5.87. The molecule has 5 aromatic carbocycles. The summed E-state index contributed by atoms with van der Waals surface area (Å²) in [4.78, 5) is 22.7. The molecule has 5 nitrogen and oxygen atoms in total. The number of carbonyl (C=O) groups excluding carboxylic acids is 1. The van der Waals surface area contributed by atoms with Gasteiger partial charge in [0.1, 0.15) is 5.75 Å². The van der Waals surface area contributed by atoms with Gasteiger partial charge < -0.3 is 4.74 Å². The van der Waals surface area contributed by atoms with E-state index in [0.29, 0.717) is 0 Å². The maximum absolute atomic E-state index is 12.4. The van der Waals surface area contributed by atoms with Crippen molar-refractivity contribution in [1.29, 1.82) is 0 Å². The van der Waals surface area contributed by atoms with E-state index in [2.05, 4.69) is 72.8 Å². The molecular formula is C35H25NO4. The van der Waals surface area contributed by atoms with Crippen LogP contribution in [0.4, 0.5) is 5.69 Å². The Labute approximate surface area is 232 Å². The summed E-state index contributed by atoms with van der Waals surface area (Å²) in [7, 11) is 0. The Morgan fingerprint density at radius 1 is 0.600 bits per heavy atom. The summed E-state index contributed by atoms with van der Waals surface area (Å²) >= 11 is 0. The van der Waals surface area contributed by atoms with E-state index in [1.807, 2.05) is 42.5 Å². The summed E-state index contributed by atoms with van der Waals surface area (Å²) in [6.45, 7) is 0. The molecule has 0 saturated heterocycles. The number of esters is 1. The van der Waals surface area contributed by atoms with Crippen molar-refractivity contribution in [3.05, 3.63) is 173 Å². The number of rotatable bonds is 8. The zero-order valence-corrected chi connectivity index (χ0v) is 21.5. The van der Waals surface area contributed by atoms with E-state index < -0.39 is 10.9 Å². The van der Waals surface area contributed by atoms with Crippen LogP contribution in [-0.4, -0.2) is 10.9 Å². The zero-order chi connectivity index (χ0) is 27.7. The van der Waals surface area contributed by atoms with Crippen LogP contribution in [0.3, 0.4) is 0 Å². The quantitative estimate of drug-likeness (QED) is 0.0510. The van der Waals surface area contributed by atoms with Gasteiger partial charge in [0.15, 0.2) is 0 Å². The van der Waals surface area contributed by atoms with Crippen LogP contribution in [-0.2, 0) is 4.79 Å². The minimum atomic E-state index is -0.580. The maximum Gasteiger partial charge on any atom is 0.336 e. The molecule has 0 aromatic heterocycles. The van der Waals surface area contributed by atoms with Crippen molar-refractivity contribution < 1.29 is 14.5 Å². The van der Waals surface area contributed by atoms with E-state index in [1.54, 1.807) is 6.08 Å². The van der Waals surface area contributed by atoms with Crippen molar-refractivity contribution in [1.82, 2.24) is 0 Å². The number of ether oxygens (including phenoxy) is 1. The van der Waals surface area contributed by atoms with Crippen molar-refractivity contribution in [2.24, 2.45) is 0 Å². The maximum atomic E-state index is 12.4. The lowest BCUT2D eigenvalue weighted by Gasteiger charge is -2.11. The van der Waals surface area contributed by atoms with Gasteiger partial charge in [-0.1, -0.05) is 121 Å². The second kappa shape index (κ2) is 12.3. The minimum absolute atomic E-state index is 0.0699. The largest absolute Gasteiger partial charge is 0.423 e. The number of non-ortho nitro benzene ring substituents is 1. The Kier molecular flexibility index (Phi) is 8.04. The molecule has 40 heavy (non-hydrogen) atoms. The van der Waals surface area contributed by atoms with Gasteiger partial charge in [0.25, 0.3) is 5.69 Å². The monoisotopic (exact) mass is 523 g/mol. The van der Waals surface area contributed by atoms with Gasteiger partial charge in [0.2, 0.25) is 0 Å². The lowest BCUT2D eigenvalue weighted by atomic mass is 9.94. The number of nitro groups is 1. The van der Waals surface area contributed by atoms with Gasteiger partial charge in [-0.3, -0.25) is 10.1 Å². The lowest BCUT2D eigenvalue weighted by Crippen LogP contribution is -2.03. The third-order valence-corrected chi connectivity index (χ3v) is 6.37. The van der Waals surface area contributed by atoms with E-state index in [-0.39, 0.29) is 11.4 Å². The molecule has 5 aromatic rings. The fraction of sp³-hybridized carbons (Fsp3) is 0. The third kappa shape index (κ3) is 6.47. The average molecular weight is 524 g/mol. The van der Waals surface area contributed by atoms with Gasteiger partial charge in [0, 0.05) is 18.2 Å². The fourth-order valence-corrected chi connectivity index (χ4v) is 4.31. The Bertz CT molecular complexity index is 1570. The molecule has 0 aliphatic carbocycles. The van der Waals surface area contributed by atoms with Crippen LogP contribution in [0.25, 0.3) is 27.8 Å². The second-order valence-corrected chi connectivity index (χ2v) is 9.00. The van der Waals surface area contributed by atoms with Crippen LogP contribution in [0.15, 0.2) is 152 Å². The average Bonchev–Trinajstić information content (AvgIpc) is 3.01. The number of nitrogens with zero attached hydrogens (tertiary/aromatic N) is 1. The molecule has 0 N–H and O–H groups in total. The highest BCUT2D eigenvalue weighted by Gasteiger charge is 2.08. The summed E-state index contributed by atoms with van der Waals surface area (Å²) in [6, 6.07) is 42.4. The van der Waals surface area contributed by atoms with E-state index in [0.717, 1.165) is 39.0 Å². The molecule has 5 heteroatoms. The normalized spacial score (nSPS) is 10.7. The van der Waals surface area contributed by atoms with Gasteiger partial charge in [0.05, 0.1) is 4.92 Å². The standard InChI is InChI=1S/C35H25NO4/c37-35(40-33-24-22-32(23-25-33)36(38)39)13-7-12-34(30-18-14-28(15-19-30)26-8-3-1-4-9-26)31-20-16-29(17-21-31)27-10-5-2-6-11-27/h1-25H/b13-7+. The molecule has 0 amide bonds. The number of allylic oxidation sites excluding steroid dienone is 2. The predicted octanol–water partition coefficient (Wildman–Crippen LogP) is 8.52. The molecular weight excluding hydrogens is 498 g/mol. The van der Waals surface area contributed by atoms with Crippen molar-refractivity contribution in [3.63, 3.8) is 0 Å². The van der Waals surface area contributed by atoms with Crippen LogP contribution >= 0.6 is 0 Å². The number of hydrogen-bond acceptors (Lipinski definition) is 4. The Hall–Kier alpha value is -5.55. The smallest absolute Gasteiger partial charge is 0.336 e. The lowest BCUT2D eigenvalue weighted by molar-refractivity contribution is -0.384. The molecule has 0 fully saturated rings. The van der Waals surface area contributed by atoms with Gasteiger partial charge in [-0.25, -0.2) is 4.79 Å². The topological polar surface area (TPSA) is 69.4 Å². The van der Waals surface area contributed by atoms with E-state index in [4.69, 9.17) is 4.74 Å². The Morgan fingerprint density at radius 2 is 1.05 bits per heavy atom. The van der Waals surface area contributed by atoms with Crippen LogP contribution in [0, 0.1) is 10.1 Å². The first-order chi connectivity index (χ1) is 19.6. The molecule has 0 bridgehead atoms. The molecule has 5 rings (SSSR count). The predicted molar refractivity (Wildman–Crippen MR) is 159 cm³/mol. The van der Waals surface area contributed by atoms with Crippen LogP contribution in [0.2, 0.25) is 0 Å². The van der Waals surface area contributed by atoms with E-state index >= 15 is 0 Å². The summed E-state index contributed by atoms with van der Waals surface area (Å²) in [5, 5.41) is 10.8. The Morgan fingerprint density at radius 3 is 1.50 bits per heavy atom. The SMILES string of the molecule is O=C(/C=C/C=C(c1ccc(-c2ccccc2)cc1)c1ccc(-c2ccccc2)cc1)Oc1ccc([N+](=O)[O-])cc1. The van der Waals surface area contributed by atoms with Crippen molar-refractivity contribution >= 4 is 17.2 Å². The fourth-order valence-electron chi connectivity index (χ4n) is 4.31. The number of hydrogen-bond donors (Lipinski definition) is 0. The molecule has 0 atom stereocenters. The zero-order valence-electron chi connectivity index (χ0n) is 21.5.